The van der Waals surface area contributed by atoms with Crippen LogP contribution in [-0.2, 0) is 16.1 Å². The number of nitrogens with zero attached hydrogens (tertiary/aromatic N) is 1. The Hall–Kier alpha value is -2.76. The maximum Gasteiger partial charge on any atom is 0.261 e. The molecule has 0 unspecified atom stereocenters. The molecule has 0 radical (unpaired) electrons. The fraction of sp³-hybridized carbons (Fsp3) is 0.250. The minimum absolute atomic E-state index is 0.192. The highest BCUT2D eigenvalue weighted by molar-refractivity contribution is 6.42. The molecule has 0 saturated carbocycles. The lowest BCUT2D eigenvalue weighted by atomic mass is 10.1. The molecule has 0 heterocycles. The van der Waals surface area contributed by atoms with Gasteiger partial charge in [0.25, 0.3) is 5.91 Å². The molecule has 3 rings (SSSR count). The van der Waals surface area contributed by atoms with Gasteiger partial charge >= 0.3 is 0 Å². The Bertz CT molecular complexity index is 1080. The van der Waals surface area contributed by atoms with Crippen molar-refractivity contribution in [1.29, 1.82) is 0 Å². The predicted molar refractivity (Wildman–Crippen MR) is 125 cm³/mol. The molecule has 1 N–H and O–H groups in total. The van der Waals surface area contributed by atoms with Crippen molar-refractivity contribution in [2.75, 3.05) is 13.7 Å². The van der Waals surface area contributed by atoms with E-state index in [-0.39, 0.29) is 25.0 Å². The van der Waals surface area contributed by atoms with E-state index in [0.717, 1.165) is 16.3 Å². The molecule has 0 aromatic heterocycles. The van der Waals surface area contributed by atoms with Crippen LogP contribution in [0, 0.1) is 0 Å². The molecule has 31 heavy (non-hydrogen) atoms. The molecule has 0 aliphatic carbocycles. The highest BCUT2D eigenvalue weighted by Gasteiger charge is 2.28. The number of halogens is 2. The molecule has 0 aliphatic heterocycles. The van der Waals surface area contributed by atoms with E-state index in [1.807, 2.05) is 49.4 Å². The monoisotopic (exact) mass is 458 g/mol. The van der Waals surface area contributed by atoms with E-state index in [1.165, 1.54) is 4.90 Å². The number of hydrogen-bond donors (Lipinski definition) is 1. The van der Waals surface area contributed by atoms with Crippen LogP contribution in [-0.4, -0.2) is 36.4 Å². The van der Waals surface area contributed by atoms with Crippen molar-refractivity contribution in [2.24, 2.45) is 0 Å². The van der Waals surface area contributed by atoms with Crippen LogP contribution in [0.5, 0.6) is 5.75 Å². The van der Waals surface area contributed by atoms with Crippen LogP contribution in [0.15, 0.2) is 60.7 Å². The first-order valence-electron chi connectivity index (χ1n) is 10.00. The van der Waals surface area contributed by atoms with Gasteiger partial charge in [-0.2, -0.15) is 0 Å². The van der Waals surface area contributed by atoms with Gasteiger partial charge in [-0.15, -0.1) is 0 Å². The lowest BCUT2D eigenvalue weighted by Gasteiger charge is -2.30. The predicted octanol–water partition coefficient (Wildman–Crippen LogP) is 5.08. The summed E-state index contributed by atoms with van der Waals surface area (Å²) in [5.41, 5.74) is 0.773. The Labute approximate surface area is 191 Å². The van der Waals surface area contributed by atoms with Crippen LogP contribution < -0.4 is 10.1 Å². The third kappa shape index (κ3) is 5.49. The van der Waals surface area contributed by atoms with Crippen molar-refractivity contribution in [2.45, 2.75) is 25.9 Å². The summed E-state index contributed by atoms with van der Waals surface area (Å²) in [6.45, 7) is 1.88. The fourth-order valence-corrected chi connectivity index (χ4v) is 3.79. The summed E-state index contributed by atoms with van der Waals surface area (Å²) in [5.74, 6) is 0.0875. The standard InChI is InChI=1S/C24H24Cl2N2O3/c1-3-21(24(30)27-2)28(14-16-11-12-19(25)20(26)13-16)23(29)15-31-22-10-6-8-17-7-4-5-9-18(17)22/h4-13,21H,3,14-15H2,1-2H3,(H,27,30)/t21-/m1/s1. The quantitative estimate of drug-likeness (QED) is 0.511. The Morgan fingerprint density at radius 1 is 1.03 bits per heavy atom. The van der Waals surface area contributed by atoms with Gasteiger partial charge in [0.15, 0.2) is 6.61 Å². The molecule has 0 aliphatic rings. The topological polar surface area (TPSA) is 58.6 Å². The second-order valence-electron chi connectivity index (χ2n) is 7.07. The first kappa shape index (κ1) is 22.9. The summed E-state index contributed by atoms with van der Waals surface area (Å²) in [7, 11) is 1.55. The number of rotatable bonds is 8. The summed E-state index contributed by atoms with van der Waals surface area (Å²) in [6.07, 6.45) is 0.459. The zero-order valence-corrected chi connectivity index (χ0v) is 18.9. The third-order valence-electron chi connectivity index (χ3n) is 5.07. The molecule has 0 spiro atoms. The van der Waals surface area contributed by atoms with Gasteiger partial charge in [0.2, 0.25) is 5.91 Å². The Morgan fingerprint density at radius 2 is 1.77 bits per heavy atom. The molecular formula is C24H24Cl2N2O3. The highest BCUT2D eigenvalue weighted by Crippen LogP contribution is 2.26. The van der Waals surface area contributed by atoms with Gasteiger partial charge in [0.05, 0.1) is 10.0 Å². The van der Waals surface area contributed by atoms with E-state index < -0.39 is 6.04 Å². The minimum atomic E-state index is -0.636. The van der Waals surface area contributed by atoms with Crippen molar-refractivity contribution < 1.29 is 14.3 Å². The largest absolute Gasteiger partial charge is 0.483 e. The van der Waals surface area contributed by atoms with Crippen molar-refractivity contribution in [3.63, 3.8) is 0 Å². The minimum Gasteiger partial charge on any atom is -0.483 e. The molecule has 0 saturated heterocycles. The molecular weight excluding hydrogens is 435 g/mol. The SMILES string of the molecule is CC[C@H](C(=O)NC)N(Cc1ccc(Cl)c(Cl)c1)C(=O)COc1cccc2ccccc12. The van der Waals surface area contributed by atoms with Crippen LogP contribution in [0.25, 0.3) is 10.8 Å². The molecule has 1 atom stereocenters. The smallest absolute Gasteiger partial charge is 0.261 e. The number of carbonyl (C=O) groups excluding carboxylic acids is 2. The zero-order chi connectivity index (χ0) is 22.4. The van der Waals surface area contributed by atoms with Crippen LogP contribution in [0.1, 0.15) is 18.9 Å². The number of likely N-dealkylation sites (N-methyl/N-ethyl adjacent to an activating group) is 1. The van der Waals surface area contributed by atoms with Gasteiger partial charge in [0.1, 0.15) is 11.8 Å². The second-order valence-corrected chi connectivity index (χ2v) is 7.89. The first-order chi connectivity index (χ1) is 14.9. The zero-order valence-electron chi connectivity index (χ0n) is 17.4. The summed E-state index contributed by atoms with van der Waals surface area (Å²) in [4.78, 5) is 27.2. The van der Waals surface area contributed by atoms with E-state index in [9.17, 15) is 9.59 Å². The number of hydrogen-bond acceptors (Lipinski definition) is 3. The number of amides is 2. The summed E-state index contributed by atoms with van der Waals surface area (Å²) >= 11 is 12.1. The van der Waals surface area contributed by atoms with Gasteiger partial charge in [-0.25, -0.2) is 0 Å². The molecule has 0 bridgehead atoms. The van der Waals surface area contributed by atoms with E-state index in [2.05, 4.69) is 5.32 Å². The Morgan fingerprint density at radius 3 is 2.48 bits per heavy atom. The lowest BCUT2D eigenvalue weighted by molar-refractivity contribution is -0.142. The van der Waals surface area contributed by atoms with E-state index >= 15 is 0 Å². The average molecular weight is 459 g/mol. The van der Waals surface area contributed by atoms with E-state index in [1.54, 1.807) is 25.2 Å². The second kappa shape index (κ2) is 10.5. The number of carbonyl (C=O) groups is 2. The molecule has 5 nitrogen and oxygen atoms in total. The van der Waals surface area contributed by atoms with Crippen molar-refractivity contribution in [3.8, 4) is 5.75 Å². The number of nitrogens with one attached hydrogen (secondary N) is 1. The maximum absolute atomic E-state index is 13.2. The van der Waals surface area contributed by atoms with Crippen molar-refractivity contribution in [1.82, 2.24) is 10.2 Å². The van der Waals surface area contributed by atoms with Gasteiger partial charge in [0, 0.05) is 19.0 Å². The van der Waals surface area contributed by atoms with Gasteiger partial charge in [-0.05, 0) is 35.6 Å². The highest BCUT2D eigenvalue weighted by atomic mass is 35.5. The third-order valence-corrected chi connectivity index (χ3v) is 5.81. The van der Waals surface area contributed by atoms with Crippen molar-refractivity contribution >= 4 is 45.8 Å². The van der Waals surface area contributed by atoms with Gasteiger partial charge in [-0.3, -0.25) is 9.59 Å². The summed E-state index contributed by atoms with van der Waals surface area (Å²) < 4.78 is 5.88. The van der Waals surface area contributed by atoms with Gasteiger partial charge < -0.3 is 15.0 Å². The normalized spacial score (nSPS) is 11.7. The van der Waals surface area contributed by atoms with Crippen LogP contribution in [0.4, 0.5) is 0 Å². The van der Waals surface area contributed by atoms with Crippen LogP contribution >= 0.6 is 23.2 Å². The number of ether oxygens (including phenoxy) is 1. The van der Waals surface area contributed by atoms with Crippen LogP contribution in [0.3, 0.4) is 0 Å². The average Bonchev–Trinajstić information content (AvgIpc) is 2.79. The Balaban J connectivity index is 1.84. The number of fused-ring (bicyclic) bond motifs is 1. The molecule has 162 valence electrons. The van der Waals surface area contributed by atoms with E-state index in [4.69, 9.17) is 27.9 Å². The van der Waals surface area contributed by atoms with Crippen LogP contribution in [0.2, 0.25) is 10.0 Å². The van der Waals surface area contributed by atoms with Crippen molar-refractivity contribution in [3.05, 3.63) is 76.3 Å². The lowest BCUT2D eigenvalue weighted by Crippen LogP contribution is -2.49. The molecule has 0 fully saturated rings. The molecule has 7 heteroatoms. The summed E-state index contributed by atoms with van der Waals surface area (Å²) in [5, 5.41) is 5.41. The molecule has 2 amide bonds. The maximum atomic E-state index is 13.2. The first-order valence-corrected chi connectivity index (χ1v) is 10.8. The van der Waals surface area contributed by atoms with Gasteiger partial charge in [-0.1, -0.05) is 72.6 Å². The molecule has 3 aromatic carbocycles. The Kier molecular flexibility index (Phi) is 7.77. The van der Waals surface area contributed by atoms with E-state index in [0.29, 0.717) is 22.2 Å². The number of benzene rings is 3. The summed E-state index contributed by atoms with van der Waals surface area (Å²) in [6, 6.07) is 18.0. The molecule has 3 aromatic rings. The fourth-order valence-electron chi connectivity index (χ4n) is 3.46.